The summed E-state index contributed by atoms with van der Waals surface area (Å²) >= 11 is 0. The average Bonchev–Trinajstić information content (AvgIpc) is 2.66. The van der Waals surface area contributed by atoms with Crippen LogP contribution in [0.4, 0.5) is 0 Å². The number of sulfonamides is 1. The van der Waals surface area contributed by atoms with Gasteiger partial charge >= 0.3 is 0 Å². The first-order valence-electron chi connectivity index (χ1n) is 7.17. The average molecular weight is 314 g/mol. The summed E-state index contributed by atoms with van der Waals surface area (Å²) in [6.45, 7) is 3.73. The zero-order valence-corrected chi connectivity index (χ0v) is 13.2. The van der Waals surface area contributed by atoms with E-state index < -0.39 is 15.9 Å². The van der Waals surface area contributed by atoms with E-state index in [1.807, 2.05) is 0 Å². The second-order valence-corrected chi connectivity index (χ2v) is 7.35. The molecule has 1 saturated carbocycles. The Morgan fingerprint density at radius 2 is 2.05 bits per heavy atom. The number of nitrogens with zero attached hydrogens (tertiary/aromatic N) is 1. The highest BCUT2D eigenvalue weighted by Crippen LogP contribution is 2.23. The van der Waals surface area contributed by atoms with Gasteiger partial charge in [0.05, 0.1) is 5.69 Å². The molecule has 118 valence electrons. The van der Waals surface area contributed by atoms with Crippen LogP contribution in [0.2, 0.25) is 0 Å². The van der Waals surface area contributed by atoms with Crippen molar-refractivity contribution in [2.24, 2.45) is 11.1 Å². The van der Waals surface area contributed by atoms with E-state index in [-0.39, 0.29) is 22.3 Å². The molecule has 0 saturated heterocycles. The number of nitrogens with two attached hydrogens (primary N) is 1. The Bertz CT molecular complexity index is 623. The van der Waals surface area contributed by atoms with Gasteiger partial charge in [0, 0.05) is 6.04 Å². The molecule has 7 nitrogen and oxygen atoms in total. The first-order valence-corrected chi connectivity index (χ1v) is 8.72. The molecule has 0 radical (unpaired) electrons. The monoisotopic (exact) mass is 314 g/mol. The Morgan fingerprint density at radius 3 is 2.71 bits per heavy atom. The Labute approximate surface area is 124 Å². The standard InChI is InChI=1S/C13H22N4O3S/c1-8-4-3-5-10(7-6-8)15-13(18)11-12(21(14,19)20)9(2)16-17-11/h8,10H,3-7H2,1-2H3,(H,15,18)(H,16,17)(H2,14,19,20). The van der Waals surface area contributed by atoms with Crippen molar-refractivity contribution >= 4 is 15.9 Å². The van der Waals surface area contributed by atoms with Gasteiger partial charge in [-0.25, -0.2) is 13.6 Å². The maximum absolute atomic E-state index is 12.3. The summed E-state index contributed by atoms with van der Waals surface area (Å²) in [4.78, 5) is 12.1. The van der Waals surface area contributed by atoms with Crippen molar-refractivity contribution in [3.63, 3.8) is 0 Å². The fourth-order valence-electron chi connectivity index (χ4n) is 2.81. The maximum atomic E-state index is 12.3. The van der Waals surface area contributed by atoms with Crippen LogP contribution in [0.15, 0.2) is 4.90 Å². The molecular formula is C13H22N4O3S. The van der Waals surface area contributed by atoms with Gasteiger partial charge in [-0.3, -0.25) is 9.89 Å². The summed E-state index contributed by atoms with van der Waals surface area (Å²) < 4.78 is 23.1. The molecule has 1 aliphatic carbocycles. The molecule has 0 aliphatic heterocycles. The summed E-state index contributed by atoms with van der Waals surface area (Å²) in [7, 11) is -3.98. The lowest BCUT2D eigenvalue weighted by Gasteiger charge is -2.15. The molecule has 1 amide bonds. The second-order valence-electron chi connectivity index (χ2n) is 5.86. The zero-order valence-electron chi connectivity index (χ0n) is 12.3. The molecular weight excluding hydrogens is 292 g/mol. The van der Waals surface area contributed by atoms with E-state index in [4.69, 9.17) is 5.14 Å². The van der Waals surface area contributed by atoms with E-state index >= 15 is 0 Å². The van der Waals surface area contributed by atoms with E-state index in [2.05, 4.69) is 22.4 Å². The number of aryl methyl sites for hydroxylation is 1. The van der Waals surface area contributed by atoms with Crippen LogP contribution in [-0.2, 0) is 10.0 Å². The maximum Gasteiger partial charge on any atom is 0.273 e. The number of carbonyl (C=O) groups is 1. The van der Waals surface area contributed by atoms with Crippen LogP contribution in [0.5, 0.6) is 0 Å². The van der Waals surface area contributed by atoms with Gasteiger partial charge in [0.15, 0.2) is 5.69 Å². The zero-order chi connectivity index (χ0) is 15.6. The third-order valence-corrected chi connectivity index (χ3v) is 5.05. The minimum Gasteiger partial charge on any atom is -0.348 e. The van der Waals surface area contributed by atoms with Crippen molar-refractivity contribution < 1.29 is 13.2 Å². The molecule has 1 aliphatic rings. The normalized spacial score (nSPS) is 23.6. The molecule has 2 atom stereocenters. The fourth-order valence-corrected chi connectivity index (χ4v) is 3.69. The van der Waals surface area contributed by atoms with Crippen LogP contribution in [0, 0.1) is 12.8 Å². The Balaban J connectivity index is 2.14. The van der Waals surface area contributed by atoms with E-state index in [1.165, 1.54) is 6.92 Å². The van der Waals surface area contributed by atoms with Crippen molar-refractivity contribution in [2.75, 3.05) is 0 Å². The number of rotatable bonds is 3. The topological polar surface area (TPSA) is 118 Å². The molecule has 0 bridgehead atoms. The predicted molar refractivity (Wildman–Crippen MR) is 78.2 cm³/mol. The van der Waals surface area contributed by atoms with Crippen molar-refractivity contribution in [2.45, 2.75) is 56.9 Å². The lowest BCUT2D eigenvalue weighted by Crippen LogP contribution is -2.35. The van der Waals surface area contributed by atoms with Gasteiger partial charge in [-0.2, -0.15) is 5.10 Å². The van der Waals surface area contributed by atoms with E-state index in [0.717, 1.165) is 32.1 Å². The molecule has 2 rings (SSSR count). The Morgan fingerprint density at radius 1 is 1.33 bits per heavy atom. The summed E-state index contributed by atoms with van der Waals surface area (Å²) in [6, 6.07) is 0.0628. The molecule has 1 aromatic rings. The number of nitrogens with one attached hydrogen (secondary N) is 2. The first-order chi connectivity index (χ1) is 9.79. The molecule has 1 fully saturated rings. The minimum absolute atomic E-state index is 0.0628. The number of aromatic amines is 1. The van der Waals surface area contributed by atoms with Gasteiger partial charge in [-0.15, -0.1) is 0 Å². The predicted octanol–water partition coefficient (Wildman–Crippen LogP) is 1.06. The number of aromatic nitrogens is 2. The van der Waals surface area contributed by atoms with Crippen LogP contribution >= 0.6 is 0 Å². The van der Waals surface area contributed by atoms with Gasteiger partial charge in [0.2, 0.25) is 10.0 Å². The fraction of sp³-hybridized carbons (Fsp3) is 0.692. The molecule has 8 heteroatoms. The molecule has 1 aromatic heterocycles. The van der Waals surface area contributed by atoms with Gasteiger partial charge < -0.3 is 5.32 Å². The Kier molecular flexibility index (Phi) is 4.67. The summed E-state index contributed by atoms with van der Waals surface area (Å²) in [5.41, 5.74) is 0.129. The second kappa shape index (κ2) is 6.15. The highest BCUT2D eigenvalue weighted by molar-refractivity contribution is 7.89. The summed E-state index contributed by atoms with van der Waals surface area (Å²) in [5, 5.41) is 14.3. The lowest BCUT2D eigenvalue weighted by molar-refractivity contribution is 0.0924. The van der Waals surface area contributed by atoms with Crippen LogP contribution in [0.3, 0.4) is 0 Å². The van der Waals surface area contributed by atoms with Gasteiger partial charge in [0.1, 0.15) is 4.90 Å². The smallest absolute Gasteiger partial charge is 0.273 e. The SMILES string of the molecule is Cc1[nH]nc(C(=O)NC2CCCC(C)CC2)c1S(N)(=O)=O. The van der Waals surface area contributed by atoms with Gasteiger partial charge in [-0.05, 0) is 32.1 Å². The Hall–Kier alpha value is -1.41. The van der Waals surface area contributed by atoms with Crippen LogP contribution in [-0.4, -0.2) is 30.6 Å². The van der Waals surface area contributed by atoms with Crippen LogP contribution < -0.4 is 10.5 Å². The minimum atomic E-state index is -3.98. The van der Waals surface area contributed by atoms with Crippen molar-refractivity contribution in [3.8, 4) is 0 Å². The number of hydrogen-bond acceptors (Lipinski definition) is 4. The van der Waals surface area contributed by atoms with E-state index in [1.54, 1.807) is 0 Å². The van der Waals surface area contributed by atoms with Gasteiger partial charge in [-0.1, -0.05) is 19.8 Å². The van der Waals surface area contributed by atoms with Crippen molar-refractivity contribution in [1.29, 1.82) is 0 Å². The van der Waals surface area contributed by atoms with E-state index in [9.17, 15) is 13.2 Å². The summed E-state index contributed by atoms with van der Waals surface area (Å²) in [6.07, 6.45) is 5.10. The highest BCUT2D eigenvalue weighted by Gasteiger charge is 2.27. The van der Waals surface area contributed by atoms with Crippen LogP contribution in [0.25, 0.3) is 0 Å². The van der Waals surface area contributed by atoms with E-state index in [0.29, 0.717) is 5.92 Å². The lowest BCUT2D eigenvalue weighted by atomic mass is 10.0. The molecule has 1 heterocycles. The molecule has 2 unspecified atom stereocenters. The number of primary sulfonamides is 1. The number of amides is 1. The van der Waals surface area contributed by atoms with Crippen molar-refractivity contribution in [3.05, 3.63) is 11.4 Å². The largest absolute Gasteiger partial charge is 0.348 e. The van der Waals surface area contributed by atoms with Gasteiger partial charge in [0.25, 0.3) is 5.91 Å². The van der Waals surface area contributed by atoms with Crippen molar-refractivity contribution in [1.82, 2.24) is 15.5 Å². The number of carbonyl (C=O) groups excluding carboxylic acids is 1. The quantitative estimate of drug-likeness (QED) is 0.723. The van der Waals surface area contributed by atoms with Crippen LogP contribution in [0.1, 0.15) is 55.2 Å². The number of hydrogen-bond donors (Lipinski definition) is 3. The molecule has 21 heavy (non-hydrogen) atoms. The highest BCUT2D eigenvalue weighted by atomic mass is 32.2. The third-order valence-electron chi connectivity index (χ3n) is 3.98. The molecule has 0 aromatic carbocycles. The first kappa shape index (κ1) is 16.0. The summed E-state index contributed by atoms with van der Waals surface area (Å²) in [5.74, 6) is 0.183. The third kappa shape index (κ3) is 3.82. The number of H-pyrrole nitrogens is 1. The molecule has 4 N–H and O–H groups in total. The molecule has 0 spiro atoms.